The van der Waals surface area contributed by atoms with Crippen LogP contribution in [0.3, 0.4) is 0 Å². The fraction of sp³-hybridized carbons (Fsp3) is 0.438. The van der Waals surface area contributed by atoms with Crippen LogP contribution < -0.4 is 5.73 Å². The van der Waals surface area contributed by atoms with Gasteiger partial charge in [-0.2, -0.15) is 5.26 Å². The van der Waals surface area contributed by atoms with E-state index in [1.54, 1.807) is 24.5 Å². The minimum Gasteiger partial charge on any atom is -0.328 e. The number of fused-ring (bicyclic) bond motifs is 1. The third kappa shape index (κ3) is 3.75. The van der Waals surface area contributed by atoms with E-state index in [4.69, 9.17) is 11.0 Å². The van der Waals surface area contributed by atoms with Crippen molar-refractivity contribution in [3.8, 4) is 6.07 Å². The zero-order valence-electron chi connectivity index (χ0n) is 11.8. The number of hydrogen-bond acceptors (Lipinski definition) is 4. The van der Waals surface area contributed by atoms with Crippen molar-refractivity contribution < 1.29 is 0 Å². The van der Waals surface area contributed by atoms with Crippen LogP contribution in [0.5, 0.6) is 0 Å². The lowest BCUT2D eigenvalue weighted by Crippen LogP contribution is -2.26. The first-order valence-corrected chi connectivity index (χ1v) is 7.06. The molecule has 1 saturated carbocycles. The van der Waals surface area contributed by atoms with Gasteiger partial charge in [0, 0.05) is 18.4 Å². The molecule has 2 atom stereocenters. The highest BCUT2D eigenvalue weighted by molar-refractivity contribution is 5.79. The summed E-state index contributed by atoms with van der Waals surface area (Å²) in [6.45, 7) is 2.29. The van der Waals surface area contributed by atoms with E-state index in [1.807, 2.05) is 6.07 Å². The highest BCUT2D eigenvalue weighted by Crippen LogP contribution is 2.21. The van der Waals surface area contributed by atoms with Crippen LogP contribution in [0.2, 0.25) is 0 Å². The van der Waals surface area contributed by atoms with Crippen LogP contribution in [0.15, 0.2) is 30.6 Å². The minimum absolute atomic E-state index is 0.513. The molecule has 1 fully saturated rings. The van der Waals surface area contributed by atoms with E-state index in [9.17, 15) is 0 Å². The zero-order chi connectivity index (χ0) is 14.4. The fourth-order valence-electron chi connectivity index (χ4n) is 2.56. The van der Waals surface area contributed by atoms with Crippen LogP contribution in [-0.4, -0.2) is 16.0 Å². The van der Waals surface area contributed by atoms with Gasteiger partial charge in [-0.05, 0) is 30.9 Å². The summed E-state index contributed by atoms with van der Waals surface area (Å²) in [5, 5.41) is 8.72. The SMILES string of the molecule is CC1CCCC(N)C1.N#Cc1cccc2nccnc12. The normalized spacial score (nSPS) is 21.6. The van der Waals surface area contributed by atoms with Gasteiger partial charge in [-0.1, -0.05) is 25.8 Å². The molecule has 3 rings (SSSR count). The molecule has 2 N–H and O–H groups in total. The van der Waals surface area contributed by atoms with Gasteiger partial charge in [0.15, 0.2) is 0 Å². The van der Waals surface area contributed by atoms with Crippen molar-refractivity contribution in [2.45, 2.75) is 38.6 Å². The number of nitriles is 1. The molecule has 104 valence electrons. The van der Waals surface area contributed by atoms with Crippen LogP contribution in [0, 0.1) is 17.2 Å². The topological polar surface area (TPSA) is 75.6 Å². The molecule has 0 bridgehead atoms. The molecule has 0 radical (unpaired) electrons. The number of aromatic nitrogens is 2. The van der Waals surface area contributed by atoms with E-state index in [2.05, 4.69) is 23.0 Å². The van der Waals surface area contributed by atoms with E-state index < -0.39 is 0 Å². The molecule has 2 aromatic rings. The summed E-state index contributed by atoms with van der Waals surface area (Å²) in [6, 6.07) is 7.95. The first kappa shape index (κ1) is 14.4. The molecule has 20 heavy (non-hydrogen) atoms. The van der Waals surface area contributed by atoms with Crippen molar-refractivity contribution in [1.82, 2.24) is 9.97 Å². The number of nitrogens with zero attached hydrogens (tertiary/aromatic N) is 3. The molecule has 0 amide bonds. The average Bonchev–Trinajstić information content (AvgIpc) is 2.47. The molecule has 0 aliphatic heterocycles. The van der Waals surface area contributed by atoms with Gasteiger partial charge in [0.25, 0.3) is 0 Å². The molecule has 4 heteroatoms. The molecule has 1 aliphatic rings. The lowest BCUT2D eigenvalue weighted by atomic mass is 9.88. The Kier molecular flexibility index (Phi) is 5.03. The van der Waals surface area contributed by atoms with Crippen LogP contribution in [-0.2, 0) is 0 Å². The minimum atomic E-state index is 0.513. The Hall–Kier alpha value is -1.99. The Balaban J connectivity index is 0.000000160. The maximum atomic E-state index is 8.72. The monoisotopic (exact) mass is 268 g/mol. The number of benzene rings is 1. The number of rotatable bonds is 0. The van der Waals surface area contributed by atoms with Gasteiger partial charge in [0.05, 0.1) is 11.1 Å². The maximum Gasteiger partial charge on any atom is 0.106 e. The zero-order valence-corrected chi connectivity index (χ0v) is 11.8. The van der Waals surface area contributed by atoms with Crippen LogP contribution >= 0.6 is 0 Å². The molecule has 1 aromatic carbocycles. The van der Waals surface area contributed by atoms with Crippen LogP contribution in [0.25, 0.3) is 11.0 Å². The second kappa shape index (κ2) is 6.97. The van der Waals surface area contributed by atoms with Crippen molar-refractivity contribution in [2.75, 3.05) is 0 Å². The standard InChI is InChI=1S/C9H5N3.C7H15N/c10-6-7-2-1-3-8-9(7)12-5-4-11-8;1-6-3-2-4-7(8)5-6/h1-5H;6-7H,2-5,8H2,1H3. The van der Waals surface area contributed by atoms with E-state index in [0.29, 0.717) is 17.1 Å². The average molecular weight is 268 g/mol. The molecule has 1 aliphatic carbocycles. The lowest BCUT2D eigenvalue weighted by molar-refractivity contribution is 0.344. The lowest BCUT2D eigenvalue weighted by Gasteiger charge is -2.22. The number of nitrogens with two attached hydrogens (primary N) is 1. The van der Waals surface area contributed by atoms with Gasteiger partial charge in [-0.3, -0.25) is 9.97 Å². The summed E-state index contributed by atoms with van der Waals surface area (Å²) in [6.07, 6.45) is 8.45. The Labute approximate surface area is 119 Å². The smallest absolute Gasteiger partial charge is 0.106 e. The fourth-order valence-corrected chi connectivity index (χ4v) is 2.56. The molecule has 2 unspecified atom stereocenters. The van der Waals surface area contributed by atoms with Gasteiger partial charge >= 0.3 is 0 Å². The second-order valence-electron chi connectivity index (χ2n) is 5.37. The predicted molar refractivity (Wildman–Crippen MR) is 79.9 cm³/mol. The van der Waals surface area contributed by atoms with Crippen molar-refractivity contribution >= 4 is 11.0 Å². The third-order valence-electron chi connectivity index (χ3n) is 3.60. The molecular formula is C16H20N4. The summed E-state index contributed by atoms with van der Waals surface area (Å²) < 4.78 is 0. The highest BCUT2D eigenvalue weighted by Gasteiger charge is 2.14. The first-order chi connectivity index (χ1) is 9.70. The Morgan fingerprint density at radius 3 is 2.70 bits per heavy atom. The van der Waals surface area contributed by atoms with Crippen molar-refractivity contribution in [1.29, 1.82) is 5.26 Å². The van der Waals surface area contributed by atoms with E-state index >= 15 is 0 Å². The summed E-state index contributed by atoms with van der Waals surface area (Å²) in [4.78, 5) is 8.14. The summed E-state index contributed by atoms with van der Waals surface area (Å²) in [5.74, 6) is 0.888. The van der Waals surface area contributed by atoms with Gasteiger partial charge < -0.3 is 5.73 Å². The summed E-state index contributed by atoms with van der Waals surface area (Å²) in [7, 11) is 0. The summed E-state index contributed by atoms with van der Waals surface area (Å²) >= 11 is 0. The molecule has 0 spiro atoms. The molecule has 4 nitrogen and oxygen atoms in total. The largest absolute Gasteiger partial charge is 0.328 e. The Morgan fingerprint density at radius 2 is 2.05 bits per heavy atom. The Morgan fingerprint density at radius 1 is 1.25 bits per heavy atom. The van der Waals surface area contributed by atoms with Crippen molar-refractivity contribution in [3.05, 3.63) is 36.2 Å². The quantitative estimate of drug-likeness (QED) is 0.796. The predicted octanol–water partition coefficient (Wildman–Crippen LogP) is 3.03. The van der Waals surface area contributed by atoms with Crippen molar-refractivity contribution in [2.24, 2.45) is 11.7 Å². The number of hydrogen-bond donors (Lipinski definition) is 1. The van der Waals surface area contributed by atoms with E-state index in [1.165, 1.54) is 25.7 Å². The molecule has 0 saturated heterocycles. The molecule has 1 aromatic heterocycles. The van der Waals surface area contributed by atoms with Crippen LogP contribution in [0.4, 0.5) is 0 Å². The number of para-hydroxylation sites is 1. The first-order valence-electron chi connectivity index (χ1n) is 7.06. The Bertz CT molecular complexity index is 589. The highest BCUT2D eigenvalue weighted by atomic mass is 14.8. The molecule has 1 heterocycles. The second-order valence-corrected chi connectivity index (χ2v) is 5.37. The van der Waals surface area contributed by atoms with Gasteiger partial charge in [-0.25, -0.2) is 0 Å². The summed E-state index contributed by atoms with van der Waals surface area (Å²) in [5.41, 5.74) is 7.72. The maximum absolute atomic E-state index is 8.72. The van der Waals surface area contributed by atoms with E-state index in [-0.39, 0.29) is 0 Å². The van der Waals surface area contributed by atoms with Crippen LogP contribution in [0.1, 0.15) is 38.2 Å². The van der Waals surface area contributed by atoms with Crippen molar-refractivity contribution in [3.63, 3.8) is 0 Å². The van der Waals surface area contributed by atoms with Gasteiger partial charge in [0.2, 0.25) is 0 Å². The van der Waals surface area contributed by atoms with E-state index in [0.717, 1.165) is 11.4 Å². The molecular weight excluding hydrogens is 248 g/mol. The van der Waals surface area contributed by atoms with Gasteiger partial charge in [0.1, 0.15) is 11.6 Å². The van der Waals surface area contributed by atoms with Gasteiger partial charge in [-0.15, -0.1) is 0 Å². The third-order valence-corrected chi connectivity index (χ3v) is 3.60.